The predicted octanol–water partition coefficient (Wildman–Crippen LogP) is -0.579. The first-order valence-electron chi connectivity index (χ1n) is 11.4. The molecule has 2 atom stereocenters. The Morgan fingerprint density at radius 3 is 2.06 bits per heavy atom. The van der Waals surface area contributed by atoms with Gasteiger partial charge in [-0.15, -0.1) is 0 Å². The van der Waals surface area contributed by atoms with Crippen LogP contribution in [0.4, 0.5) is 5.69 Å². The summed E-state index contributed by atoms with van der Waals surface area (Å²) in [6.07, 6.45) is -1.33. The van der Waals surface area contributed by atoms with Crippen LogP contribution in [0.15, 0.2) is 0 Å². The lowest BCUT2D eigenvalue weighted by atomic mass is 9.87. The van der Waals surface area contributed by atoms with Gasteiger partial charge in [-0.3, -0.25) is 14.4 Å². The van der Waals surface area contributed by atoms with Crippen molar-refractivity contribution in [2.45, 2.75) is 53.2 Å². The zero-order valence-corrected chi connectivity index (χ0v) is 19.9. The summed E-state index contributed by atoms with van der Waals surface area (Å²) < 4.78 is 5.35. The van der Waals surface area contributed by atoms with Gasteiger partial charge in [0.2, 0.25) is 0 Å². The summed E-state index contributed by atoms with van der Waals surface area (Å²) in [5.74, 6) is -1.40. The molecule has 3 amide bonds. The maximum absolute atomic E-state index is 13.2. The fourth-order valence-electron chi connectivity index (χ4n) is 4.10. The van der Waals surface area contributed by atoms with E-state index in [1.165, 1.54) is 0 Å². The number of carbonyl (C=O) groups excluding carboxylic acids is 3. The molecule has 0 bridgehead atoms. The van der Waals surface area contributed by atoms with E-state index < -0.39 is 37.2 Å². The topological polar surface area (TPSA) is 169 Å². The van der Waals surface area contributed by atoms with Crippen molar-refractivity contribution in [3.8, 4) is 0 Å². The number of ether oxygens (including phenoxy) is 1. The highest BCUT2D eigenvalue weighted by Crippen LogP contribution is 2.36. The predicted molar refractivity (Wildman–Crippen MR) is 131 cm³/mol. The van der Waals surface area contributed by atoms with Crippen LogP contribution < -0.4 is 15.5 Å². The fraction of sp³-hybridized carbons (Fsp3) is 0.625. The smallest absolute Gasteiger partial charge is 0.252 e. The van der Waals surface area contributed by atoms with Crippen LogP contribution in [0.5, 0.6) is 0 Å². The van der Waals surface area contributed by atoms with E-state index in [1.807, 2.05) is 6.92 Å². The number of hydrogen-bond donors (Lipinski definition) is 6. The third-order valence-electron chi connectivity index (χ3n) is 5.76. The monoisotopic (exact) mass is 497 g/mol. The Morgan fingerprint density at radius 2 is 1.54 bits per heavy atom. The lowest BCUT2D eigenvalue weighted by molar-refractivity contribution is -0.122. The van der Waals surface area contributed by atoms with Gasteiger partial charge >= 0.3 is 0 Å². The number of rotatable bonds is 10. The molecule has 6 N–H and O–H groups in total. The van der Waals surface area contributed by atoms with Gasteiger partial charge in [0.05, 0.1) is 31.1 Å². The van der Waals surface area contributed by atoms with Crippen molar-refractivity contribution in [2.24, 2.45) is 0 Å². The first-order valence-corrected chi connectivity index (χ1v) is 11.4. The van der Waals surface area contributed by atoms with E-state index in [0.29, 0.717) is 48.4 Å². The number of benzene rings is 1. The Labute approximate surface area is 206 Å². The molecule has 35 heavy (non-hydrogen) atoms. The van der Waals surface area contributed by atoms with Gasteiger partial charge < -0.3 is 40.7 Å². The summed E-state index contributed by atoms with van der Waals surface area (Å²) in [5.41, 5.74) is 2.32. The number of aliphatic hydroxyl groups excluding tert-OH is 4. The van der Waals surface area contributed by atoms with Crippen molar-refractivity contribution in [2.75, 3.05) is 51.0 Å². The highest BCUT2D eigenvalue weighted by molar-refractivity contribution is 6.08. The van der Waals surface area contributed by atoms with Gasteiger partial charge in [0.1, 0.15) is 6.61 Å². The molecule has 0 aliphatic carbocycles. The first kappa shape index (κ1) is 30.5. The number of carbonyl (C=O) groups is 3. The Morgan fingerprint density at radius 1 is 1.00 bits per heavy atom. The SMILES string of the molecule is C.CCc1c(C(=O)NCC(O)CO)c(C)c(C(=O)NCC(O)CO)c(C)c1N1CCCOCC1=O. The Hall–Kier alpha value is -2.57. The molecule has 1 fully saturated rings. The second kappa shape index (κ2) is 14.1. The summed E-state index contributed by atoms with van der Waals surface area (Å²) in [4.78, 5) is 40.8. The van der Waals surface area contributed by atoms with Crippen LogP contribution in [0.3, 0.4) is 0 Å². The van der Waals surface area contributed by atoms with Crippen LogP contribution in [0.25, 0.3) is 0 Å². The molecule has 1 aromatic rings. The number of aliphatic hydroxyl groups is 4. The van der Waals surface area contributed by atoms with E-state index in [9.17, 15) is 24.6 Å². The lowest BCUT2D eigenvalue weighted by Gasteiger charge is -2.29. The summed E-state index contributed by atoms with van der Waals surface area (Å²) in [5, 5.41) is 42.6. The maximum atomic E-state index is 13.2. The quantitative estimate of drug-likeness (QED) is 0.250. The molecule has 0 spiro atoms. The van der Waals surface area contributed by atoms with Crippen LogP contribution >= 0.6 is 0 Å². The normalized spacial score (nSPS) is 15.6. The molecule has 2 rings (SSSR count). The van der Waals surface area contributed by atoms with E-state index in [0.717, 1.165) is 0 Å². The molecule has 1 aliphatic rings. The zero-order chi connectivity index (χ0) is 25.4. The molecule has 198 valence electrons. The minimum absolute atomic E-state index is 0. The van der Waals surface area contributed by atoms with E-state index in [-0.39, 0.29) is 44.2 Å². The molecule has 1 aliphatic heterocycles. The third-order valence-corrected chi connectivity index (χ3v) is 5.76. The van der Waals surface area contributed by atoms with Crippen LogP contribution in [-0.2, 0) is 16.0 Å². The third kappa shape index (κ3) is 7.21. The molecular weight excluding hydrogens is 458 g/mol. The van der Waals surface area contributed by atoms with Crippen molar-refractivity contribution >= 4 is 23.4 Å². The minimum Gasteiger partial charge on any atom is -0.394 e. The van der Waals surface area contributed by atoms with Crippen molar-refractivity contribution in [3.63, 3.8) is 0 Å². The second-order valence-corrected chi connectivity index (χ2v) is 8.23. The summed E-state index contributed by atoms with van der Waals surface area (Å²) in [6.45, 7) is 4.37. The number of nitrogens with one attached hydrogen (secondary N) is 2. The van der Waals surface area contributed by atoms with E-state index in [2.05, 4.69) is 10.6 Å². The summed E-state index contributed by atoms with van der Waals surface area (Å²) in [6, 6.07) is 0. The standard InChI is InChI=1S/C23H35N3O8.CH4/c1-4-17-20(23(33)25-9-16(30)11-28)13(2)19(22(32)24-8-15(29)10-27)14(3)21(17)26-6-5-7-34-12-18(26)31;/h15-16,27-30H,4-12H2,1-3H3,(H,24,32)(H,25,33);1H4. The highest BCUT2D eigenvalue weighted by Gasteiger charge is 2.31. The van der Waals surface area contributed by atoms with Crippen LogP contribution in [0.2, 0.25) is 0 Å². The van der Waals surface area contributed by atoms with Crippen molar-refractivity contribution < 1.29 is 39.5 Å². The lowest BCUT2D eigenvalue weighted by Crippen LogP contribution is -2.39. The van der Waals surface area contributed by atoms with Gasteiger partial charge in [-0.1, -0.05) is 14.4 Å². The van der Waals surface area contributed by atoms with Crippen molar-refractivity contribution in [1.29, 1.82) is 0 Å². The fourth-order valence-corrected chi connectivity index (χ4v) is 4.10. The Bertz CT molecular complexity index is 905. The van der Waals surface area contributed by atoms with Crippen LogP contribution in [-0.4, -0.2) is 96.4 Å². The molecule has 1 aromatic carbocycles. The second-order valence-electron chi connectivity index (χ2n) is 8.23. The van der Waals surface area contributed by atoms with E-state index in [1.54, 1.807) is 18.7 Å². The summed E-state index contributed by atoms with van der Waals surface area (Å²) >= 11 is 0. The molecule has 0 saturated carbocycles. The van der Waals surface area contributed by atoms with E-state index >= 15 is 0 Å². The number of nitrogens with zero attached hydrogens (tertiary/aromatic N) is 1. The van der Waals surface area contributed by atoms with Gasteiger partial charge in [-0.25, -0.2) is 0 Å². The molecule has 1 heterocycles. The molecule has 11 nitrogen and oxygen atoms in total. The molecule has 11 heteroatoms. The molecule has 0 radical (unpaired) electrons. The van der Waals surface area contributed by atoms with Crippen molar-refractivity contribution in [1.82, 2.24) is 10.6 Å². The van der Waals surface area contributed by atoms with Crippen molar-refractivity contribution in [3.05, 3.63) is 27.8 Å². The van der Waals surface area contributed by atoms with Gasteiger partial charge in [0.15, 0.2) is 0 Å². The number of anilines is 1. The Balaban J connectivity index is 0.00000612. The van der Waals surface area contributed by atoms with Gasteiger partial charge in [-0.05, 0) is 43.4 Å². The van der Waals surface area contributed by atoms with Gasteiger partial charge in [0.25, 0.3) is 17.7 Å². The number of amides is 3. The van der Waals surface area contributed by atoms with E-state index in [4.69, 9.17) is 14.9 Å². The average molecular weight is 498 g/mol. The maximum Gasteiger partial charge on any atom is 0.252 e. The molecule has 2 unspecified atom stereocenters. The van der Waals surface area contributed by atoms with Gasteiger partial charge in [-0.2, -0.15) is 0 Å². The van der Waals surface area contributed by atoms with Gasteiger partial charge in [0, 0.05) is 37.4 Å². The molecule has 0 aromatic heterocycles. The first-order chi connectivity index (χ1) is 16.2. The highest BCUT2D eigenvalue weighted by atomic mass is 16.5. The largest absolute Gasteiger partial charge is 0.394 e. The van der Waals surface area contributed by atoms with Crippen LogP contribution in [0.1, 0.15) is 58.2 Å². The molecule has 1 saturated heterocycles. The Kier molecular flexibility index (Phi) is 12.3. The number of hydrogen-bond acceptors (Lipinski definition) is 8. The zero-order valence-electron chi connectivity index (χ0n) is 19.9. The van der Waals surface area contributed by atoms with Crippen LogP contribution in [0, 0.1) is 13.8 Å². The molecular formula is C24H39N3O8. The summed E-state index contributed by atoms with van der Waals surface area (Å²) in [7, 11) is 0. The average Bonchev–Trinajstić information content (AvgIpc) is 3.04. The minimum atomic E-state index is -1.15.